The summed E-state index contributed by atoms with van der Waals surface area (Å²) in [6, 6.07) is 5.54. The van der Waals surface area contributed by atoms with E-state index in [4.69, 9.17) is 5.26 Å². The maximum absolute atomic E-state index is 10.3. The molecule has 1 aromatic heterocycles. The first-order valence-electron chi connectivity index (χ1n) is 3.35. The molecule has 0 atom stereocenters. The largest absolute Gasteiger partial charge is 0.344 e. The lowest BCUT2D eigenvalue weighted by Gasteiger charge is -1.99. The fraction of sp³-hybridized carbons (Fsp3) is 0.250. The number of carbonyl (C=O) groups excluding carboxylic acids is 1. The van der Waals surface area contributed by atoms with E-state index in [1.165, 1.54) is 0 Å². The predicted octanol–water partition coefficient (Wildman–Crippen LogP) is 1.21. The van der Waals surface area contributed by atoms with Crippen LogP contribution in [0.3, 0.4) is 0 Å². The van der Waals surface area contributed by atoms with Crippen molar-refractivity contribution in [3.63, 3.8) is 0 Å². The number of hydrogen-bond donors (Lipinski definition) is 0. The molecule has 0 unspecified atom stereocenters. The maximum Gasteiger partial charge on any atom is 0.166 e. The van der Waals surface area contributed by atoms with Gasteiger partial charge in [-0.25, -0.2) is 0 Å². The number of aromatic nitrogens is 1. The summed E-state index contributed by atoms with van der Waals surface area (Å²) in [5.74, 6) is 0. The Kier molecular flexibility index (Phi) is 2.45. The molecule has 0 aliphatic rings. The first kappa shape index (κ1) is 7.55. The molecule has 0 N–H and O–H groups in total. The molecule has 1 aromatic rings. The average molecular weight is 148 g/mol. The molecule has 0 saturated carbocycles. The zero-order valence-electron chi connectivity index (χ0n) is 6.03. The van der Waals surface area contributed by atoms with Crippen molar-refractivity contribution >= 4 is 6.29 Å². The van der Waals surface area contributed by atoms with Crippen LogP contribution in [-0.2, 0) is 6.54 Å². The van der Waals surface area contributed by atoms with Crippen molar-refractivity contribution in [3.8, 4) is 6.07 Å². The number of rotatable bonds is 3. The van der Waals surface area contributed by atoms with Gasteiger partial charge in [0.2, 0.25) is 0 Å². The van der Waals surface area contributed by atoms with E-state index in [0.29, 0.717) is 18.7 Å². The molecule has 56 valence electrons. The second kappa shape index (κ2) is 3.57. The summed E-state index contributed by atoms with van der Waals surface area (Å²) in [5, 5.41) is 8.28. The molecule has 0 aliphatic heterocycles. The summed E-state index contributed by atoms with van der Waals surface area (Å²) < 4.78 is 1.76. The topological polar surface area (TPSA) is 45.8 Å². The molecule has 1 rings (SSSR count). The summed E-state index contributed by atoms with van der Waals surface area (Å²) in [5.41, 5.74) is 0.625. The third kappa shape index (κ3) is 1.68. The highest BCUT2D eigenvalue weighted by Crippen LogP contribution is 1.99. The fourth-order valence-electron chi connectivity index (χ4n) is 0.908. The first-order chi connectivity index (χ1) is 5.38. The van der Waals surface area contributed by atoms with Crippen LogP contribution in [0.2, 0.25) is 0 Å². The van der Waals surface area contributed by atoms with Gasteiger partial charge in [-0.2, -0.15) is 5.26 Å². The van der Waals surface area contributed by atoms with Crippen molar-refractivity contribution in [1.82, 2.24) is 4.57 Å². The maximum atomic E-state index is 10.3. The Bertz CT molecular complexity index is 283. The van der Waals surface area contributed by atoms with E-state index in [0.717, 1.165) is 6.29 Å². The van der Waals surface area contributed by atoms with Gasteiger partial charge >= 0.3 is 0 Å². The lowest BCUT2D eigenvalue weighted by atomic mass is 10.4. The zero-order chi connectivity index (χ0) is 8.10. The summed E-state index contributed by atoms with van der Waals surface area (Å²) >= 11 is 0. The van der Waals surface area contributed by atoms with Gasteiger partial charge in [0.25, 0.3) is 0 Å². The molecule has 0 aliphatic carbocycles. The van der Waals surface area contributed by atoms with E-state index < -0.39 is 0 Å². The molecule has 0 saturated heterocycles. The highest BCUT2D eigenvalue weighted by atomic mass is 16.1. The summed E-state index contributed by atoms with van der Waals surface area (Å²) in [6.07, 6.45) is 3.02. The zero-order valence-corrected chi connectivity index (χ0v) is 6.03. The minimum absolute atomic E-state index is 0.440. The molecule has 3 nitrogen and oxygen atoms in total. The van der Waals surface area contributed by atoms with Crippen LogP contribution < -0.4 is 0 Å². The van der Waals surface area contributed by atoms with E-state index in [1.807, 2.05) is 6.07 Å². The molecule has 0 aromatic carbocycles. The van der Waals surface area contributed by atoms with E-state index in [2.05, 4.69) is 0 Å². The van der Waals surface area contributed by atoms with Gasteiger partial charge in [-0.1, -0.05) is 0 Å². The van der Waals surface area contributed by atoms with Gasteiger partial charge < -0.3 is 4.57 Å². The third-order valence-electron chi connectivity index (χ3n) is 1.45. The number of aldehydes is 1. The van der Waals surface area contributed by atoms with E-state index in [9.17, 15) is 4.79 Å². The van der Waals surface area contributed by atoms with Crippen molar-refractivity contribution in [2.24, 2.45) is 0 Å². The van der Waals surface area contributed by atoms with Gasteiger partial charge in [0, 0.05) is 12.7 Å². The monoisotopic (exact) mass is 148 g/mol. The van der Waals surface area contributed by atoms with Crippen LogP contribution in [0.15, 0.2) is 18.3 Å². The number of hydrogen-bond acceptors (Lipinski definition) is 2. The molecule has 11 heavy (non-hydrogen) atoms. The lowest BCUT2D eigenvalue weighted by Crippen LogP contribution is -1.99. The standard InChI is InChI=1S/C8H8N2O/c9-4-2-6-10-5-1-3-8(10)7-11/h1,3,5,7H,2,6H2. The number of aryl methyl sites for hydroxylation is 1. The van der Waals surface area contributed by atoms with E-state index in [1.54, 1.807) is 22.9 Å². The van der Waals surface area contributed by atoms with Crippen molar-refractivity contribution in [1.29, 1.82) is 5.26 Å². The van der Waals surface area contributed by atoms with Gasteiger partial charge in [0.1, 0.15) is 0 Å². The Morgan fingerprint density at radius 2 is 2.55 bits per heavy atom. The molecule has 3 heteroatoms. The summed E-state index contributed by atoms with van der Waals surface area (Å²) in [7, 11) is 0. The number of carbonyl (C=O) groups is 1. The highest BCUT2D eigenvalue weighted by Gasteiger charge is 1.96. The normalized spacial score (nSPS) is 9.00. The van der Waals surface area contributed by atoms with Gasteiger partial charge in [0.05, 0.1) is 18.2 Å². The number of nitrogens with zero attached hydrogens (tertiary/aromatic N) is 2. The van der Waals surface area contributed by atoms with Crippen molar-refractivity contribution in [3.05, 3.63) is 24.0 Å². The Morgan fingerprint density at radius 1 is 1.73 bits per heavy atom. The SMILES string of the molecule is N#CCCn1cccc1C=O. The van der Waals surface area contributed by atoms with Gasteiger partial charge in [-0.15, -0.1) is 0 Å². The van der Waals surface area contributed by atoms with Crippen molar-refractivity contribution < 1.29 is 4.79 Å². The molecule has 0 bridgehead atoms. The van der Waals surface area contributed by atoms with Crippen molar-refractivity contribution in [2.75, 3.05) is 0 Å². The summed E-state index contributed by atoms with van der Waals surface area (Å²) in [6.45, 7) is 0.595. The van der Waals surface area contributed by atoms with Crippen LogP contribution in [0.25, 0.3) is 0 Å². The van der Waals surface area contributed by atoms with Crippen LogP contribution in [0.5, 0.6) is 0 Å². The van der Waals surface area contributed by atoms with Crippen molar-refractivity contribution in [2.45, 2.75) is 13.0 Å². The Labute approximate surface area is 64.9 Å². The second-order valence-electron chi connectivity index (χ2n) is 2.15. The van der Waals surface area contributed by atoms with Gasteiger partial charge in [-0.05, 0) is 12.1 Å². The predicted molar refractivity (Wildman–Crippen MR) is 40.0 cm³/mol. The van der Waals surface area contributed by atoms with E-state index >= 15 is 0 Å². The minimum Gasteiger partial charge on any atom is -0.344 e. The van der Waals surface area contributed by atoms with Crippen LogP contribution in [0.1, 0.15) is 16.9 Å². The molecular formula is C8H8N2O. The quantitative estimate of drug-likeness (QED) is 0.605. The van der Waals surface area contributed by atoms with Crippen LogP contribution >= 0.6 is 0 Å². The number of nitriles is 1. The second-order valence-corrected chi connectivity index (χ2v) is 2.15. The summed E-state index contributed by atoms with van der Waals surface area (Å²) in [4.78, 5) is 10.3. The molecule has 0 spiro atoms. The molecular weight excluding hydrogens is 140 g/mol. The average Bonchev–Trinajstić information content (AvgIpc) is 2.47. The molecule has 0 fully saturated rings. The smallest absolute Gasteiger partial charge is 0.166 e. The third-order valence-corrected chi connectivity index (χ3v) is 1.45. The van der Waals surface area contributed by atoms with Crippen LogP contribution in [-0.4, -0.2) is 10.9 Å². The Hall–Kier alpha value is -1.56. The lowest BCUT2D eigenvalue weighted by molar-refractivity contribution is 0.111. The van der Waals surface area contributed by atoms with E-state index in [-0.39, 0.29) is 0 Å². The first-order valence-corrected chi connectivity index (χ1v) is 3.35. The van der Waals surface area contributed by atoms with Crippen LogP contribution in [0.4, 0.5) is 0 Å². The molecule has 0 radical (unpaired) electrons. The molecule has 1 heterocycles. The molecule has 0 amide bonds. The Morgan fingerprint density at radius 3 is 3.18 bits per heavy atom. The fourth-order valence-corrected chi connectivity index (χ4v) is 0.908. The Balaban J connectivity index is 2.70. The van der Waals surface area contributed by atoms with Crippen LogP contribution in [0, 0.1) is 11.3 Å². The van der Waals surface area contributed by atoms with Gasteiger partial charge in [0.15, 0.2) is 6.29 Å². The highest BCUT2D eigenvalue weighted by molar-refractivity contribution is 5.72. The minimum atomic E-state index is 0.440. The van der Waals surface area contributed by atoms with Gasteiger partial charge in [-0.3, -0.25) is 4.79 Å².